The summed E-state index contributed by atoms with van der Waals surface area (Å²) >= 11 is 0. The number of rotatable bonds is 12. The first-order chi connectivity index (χ1) is 44.1. The van der Waals surface area contributed by atoms with Crippen LogP contribution in [-0.4, -0.2) is 0 Å². The third-order valence-electron chi connectivity index (χ3n) is 19.2. The minimum Gasteiger partial charge on any atom is -0.310 e. The van der Waals surface area contributed by atoms with Gasteiger partial charge in [-0.1, -0.05) is 270 Å². The Morgan fingerprint density at radius 3 is 0.856 bits per heavy atom. The van der Waals surface area contributed by atoms with Crippen molar-refractivity contribution in [3.63, 3.8) is 0 Å². The summed E-state index contributed by atoms with van der Waals surface area (Å²) in [6, 6.07) is 112. The molecular formula is C88H66N2. The zero-order chi connectivity index (χ0) is 60.5. The van der Waals surface area contributed by atoms with Crippen molar-refractivity contribution in [3.05, 3.63) is 348 Å². The van der Waals surface area contributed by atoms with Crippen molar-refractivity contribution in [1.29, 1.82) is 0 Å². The Morgan fingerprint density at radius 1 is 0.211 bits per heavy atom. The summed E-state index contributed by atoms with van der Waals surface area (Å²) in [6.45, 7) is 9.52. The Kier molecular flexibility index (Phi) is 13.3. The van der Waals surface area contributed by atoms with E-state index in [1.807, 2.05) is 0 Å². The molecule has 0 atom stereocenters. The summed E-state index contributed by atoms with van der Waals surface area (Å²) < 4.78 is 0. The zero-order valence-corrected chi connectivity index (χ0v) is 51.1. The predicted molar refractivity (Wildman–Crippen MR) is 385 cm³/mol. The average Bonchev–Trinajstić information content (AvgIpc) is 1.54. The van der Waals surface area contributed by atoms with E-state index in [2.05, 4.69) is 365 Å². The van der Waals surface area contributed by atoms with E-state index in [1.165, 1.54) is 121 Å². The van der Waals surface area contributed by atoms with Crippen LogP contribution in [0.15, 0.2) is 303 Å². The lowest BCUT2D eigenvalue weighted by atomic mass is 9.81. The number of fused-ring (bicyclic) bond motifs is 12. The number of benzene rings is 14. The van der Waals surface area contributed by atoms with E-state index in [-0.39, 0.29) is 10.8 Å². The maximum Gasteiger partial charge on any atom is 0.0465 e. The lowest BCUT2D eigenvalue weighted by Crippen LogP contribution is -2.16. The summed E-state index contributed by atoms with van der Waals surface area (Å²) in [7, 11) is 0. The summed E-state index contributed by atoms with van der Waals surface area (Å²) in [4.78, 5) is 4.76. The molecule has 0 heterocycles. The van der Waals surface area contributed by atoms with Crippen LogP contribution in [0.3, 0.4) is 0 Å². The number of hydrogen-bond donors (Lipinski definition) is 0. The Balaban J connectivity index is 0.655. The molecule has 2 aliphatic rings. The topological polar surface area (TPSA) is 6.48 Å². The van der Waals surface area contributed by atoms with Crippen LogP contribution in [0.5, 0.6) is 0 Å². The van der Waals surface area contributed by atoms with Crippen molar-refractivity contribution < 1.29 is 0 Å². The van der Waals surface area contributed by atoms with Gasteiger partial charge >= 0.3 is 0 Å². The summed E-state index contributed by atoms with van der Waals surface area (Å²) in [5, 5.41) is 7.58. The van der Waals surface area contributed by atoms with Gasteiger partial charge in [0.1, 0.15) is 0 Å². The van der Waals surface area contributed by atoms with Gasteiger partial charge in [-0.05, 0) is 206 Å². The van der Waals surface area contributed by atoms with Gasteiger partial charge in [0.15, 0.2) is 0 Å². The second kappa shape index (κ2) is 22.0. The van der Waals surface area contributed by atoms with E-state index in [9.17, 15) is 0 Å². The molecule has 0 saturated heterocycles. The second-order valence-electron chi connectivity index (χ2n) is 25.3. The zero-order valence-electron chi connectivity index (χ0n) is 51.1. The monoisotopic (exact) mass is 1150 g/mol. The molecule has 0 bridgehead atoms. The van der Waals surface area contributed by atoms with Gasteiger partial charge in [0.25, 0.3) is 0 Å². The van der Waals surface area contributed by atoms with Gasteiger partial charge in [-0.25, -0.2) is 0 Å². The van der Waals surface area contributed by atoms with E-state index in [1.54, 1.807) is 0 Å². The molecule has 14 aromatic rings. The molecule has 14 aromatic carbocycles. The maximum atomic E-state index is 2.42. The van der Waals surface area contributed by atoms with Crippen molar-refractivity contribution in [2.45, 2.75) is 38.5 Å². The molecular weight excluding hydrogens is 1080 g/mol. The van der Waals surface area contributed by atoms with Crippen molar-refractivity contribution >= 4 is 90.7 Å². The van der Waals surface area contributed by atoms with E-state index in [0.717, 1.165) is 34.1 Å². The lowest BCUT2D eigenvalue weighted by Gasteiger charge is -2.28. The number of para-hydroxylation sites is 2. The first-order valence-corrected chi connectivity index (χ1v) is 31.5. The first-order valence-electron chi connectivity index (χ1n) is 31.5. The summed E-state index contributed by atoms with van der Waals surface area (Å²) in [5.74, 6) is 0. The summed E-state index contributed by atoms with van der Waals surface area (Å²) in [6.07, 6.45) is 9.14. The van der Waals surface area contributed by atoms with Crippen molar-refractivity contribution in [3.8, 4) is 44.5 Å². The molecule has 0 unspecified atom stereocenters. The highest BCUT2D eigenvalue weighted by atomic mass is 15.1. The standard InChI is InChI=1S/C88H66N2/c1-87(2)83-55-61(35-49-77(83)79-51-45-71(57-85(79)87)89(67-23-13-7-14-24-67)69-41-37-65(38-42-69)63-19-9-5-10-20-63)31-29-59-33-47-75-76-48-34-60(54-82(76)74-28-18-17-27-73(74)81(75)53-59)30-32-62-36-50-78-80-52-46-72(58-86(80)88(3,4)84(78)56-62)90(68-25-15-8-16-26-68)70-43-39-66(40-44-70)64-21-11-6-12-22-64/h5-58H,1-4H3/b31-29+,32-30+. The molecule has 90 heavy (non-hydrogen) atoms. The molecule has 0 aliphatic heterocycles. The van der Waals surface area contributed by atoms with Crippen LogP contribution in [0.4, 0.5) is 34.1 Å². The second-order valence-corrected chi connectivity index (χ2v) is 25.3. The molecule has 0 spiro atoms. The van der Waals surface area contributed by atoms with Crippen LogP contribution in [-0.2, 0) is 10.8 Å². The largest absolute Gasteiger partial charge is 0.310 e. The molecule has 0 aromatic heterocycles. The van der Waals surface area contributed by atoms with E-state index in [4.69, 9.17) is 0 Å². The fourth-order valence-corrected chi connectivity index (χ4v) is 14.5. The van der Waals surface area contributed by atoms with Gasteiger partial charge in [-0.2, -0.15) is 0 Å². The lowest BCUT2D eigenvalue weighted by molar-refractivity contribution is 0.660. The van der Waals surface area contributed by atoms with Crippen LogP contribution in [0.2, 0.25) is 0 Å². The molecule has 2 aliphatic carbocycles. The molecule has 0 N–H and O–H groups in total. The van der Waals surface area contributed by atoms with Crippen LogP contribution in [0, 0.1) is 0 Å². The first kappa shape index (κ1) is 54.3. The van der Waals surface area contributed by atoms with Crippen molar-refractivity contribution in [1.82, 2.24) is 0 Å². The van der Waals surface area contributed by atoms with E-state index < -0.39 is 0 Å². The van der Waals surface area contributed by atoms with Crippen molar-refractivity contribution in [2.24, 2.45) is 0 Å². The maximum absolute atomic E-state index is 2.42. The molecule has 0 amide bonds. The Hall–Kier alpha value is -11.1. The third kappa shape index (κ3) is 9.52. The van der Waals surface area contributed by atoms with Gasteiger partial charge in [0.2, 0.25) is 0 Å². The molecule has 2 heteroatoms. The highest BCUT2D eigenvalue weighted by molar-refractivity contribution is 6.26. The predicted octanol–water partition coefficient (Wildman–Crippen LogP) is 24.4. The number of anilines is 6. The quantitative estimate of drug-likeness (QED) is 0.0889. The molecule has 16 rings (SSSR count). The fraction of sp³-hybridized carbons (Fsp3) is 0.0682. The van der Waals surface area contributed by atoms with Gasteiger partial charge in [0, 0.05) is 45.0 Å². The summed E-state index contributed by atoms with van der Waals surface area (Å²) in [5.41, 5.74) is 26.6. The van der Waals surface area contributed by atoms with Crippen LogP contribution in [0.1, 0.15) is 72.2 Å². The SMILES string of the molecule is CC1(C)c2cc(/C=C/c3ccc4c5ccc(/C=C/c6ccc7c(c6)C(C)(C)c6cc(N(c8ccccc8)c8ccc(-c9ccccc9)cc8)ccc6-7)cc5c5ccccc5c4c3)ccc2-c2ccc(N(c3ccccc3)c3ccc(-c4ccccc4)cc3)cc21. The average molecular weight is 1150 g/mol. The van der Waals surface area contributed by atoms with Gasteiger partial charge in [0.05, 0.1) is 0 Å². The van der Waals surface area contributed by atoms with Gasteiger partial charge in [-0.15, -0.1) is 0 Å². The van der Waals surface area contributed by atoms with Gasteiger partial charge < -0.3 is 9.80 Å². The molecule has 2 nitrogen and oxygen atoms in total. The minimum absolute atomic E-state index is 0.202. The minimum atomic E-state index is -0.202. The highest BCUT2D eigenvalue weighted by Crippen LogP contribution is 2.53. The number of hydrogen-bond acceptors (Lipinski definition) is 2. The fourth-order valence-electron chi connectivity index (χ4n) is 14.5. The Bertz CT molecular complexity index is 4790. The highest BCUT2D eigenvalue weighted by Gasteiger charge is 2.38. The van der Waals surface area contributed by atoms with Crippen molar-refractivity contribution in [2.75, 3.05) is 9.80 Å². The normalized spacial score (nSPS) is 13.4. The van der Waals surface area contributed by atoms with Crippen LogP contribution >= 0.6 is 0 Å². The van der Waals surface area contributed by atoms with Crippen LogP contribution in [0.25, 0.3) is 101 Å². The molecule has 0 saturated carbocycles. The number of nitrogens with zero attached hydrogens (tertiary/aromatic N) is 2. The van der Waals surface area contributed by atoms with E-state index >= 15 is 0 Å². The van der Waals surface area contributed by atoms with Crippen LogP contribution < -0.4 is 9.80 Å². The van der Waals surface area contributed by atoms with Gasteiger partial charge in [-0.3, -0.25) is 0 Å². The third-order valence-corrected chi connectivity index (χ3v) is 19.2. The molecule has 0 radical (unpaired) electrons. The van der Waals surface area contributed by atoms with E-state index in [0.29, 0.717) is 0 Å². The smallest absolute Gasteiger partial charge is 0.0465 e. The Labute approximate surface area is 528 Å². The molecule has 0 fully saturated rings. The Morgan fingerprint density at radius 2 is 0.478 bits per heavy atom. The molecule has 428 valence electrons.